The van der Waals surface area contributed by atoms with Gasteiger partial charge in [0.05, 0.1) is 12.7 Å². The van der Waals surface area contributed by atoms with Gasteiger partial charge in [-0.05, 0) is 49.4 Å². The topological polar surface area (TPSA) is 62.1 Å². The average molecular weight is 242 g/mol. The SMILES string of the molecule is N#CC1(C(=O)Nc2ccc3c(c2)CCCO3)CC1. The van der Waals surface area contributed by atoms with Crippen molar-refractivity contribution in [3.63, 3.8) is 0 Å². The molecule has 1 aromatic carbocycles. The quantitative estimate of drug-likeness (QED) is 0.865. The van der Waals surface area contributed by atoms with Crippen molar-refractivity contribution in [3.05, 3.63) is 23.8 Å². The van der Waals surface area contributed by atoms with Crippen LogP contribution in [0.3, 0.4) is 0 Å². The van der Waals surface area contributed by atoms with E-state index in [1.165, 1.54) is 0 Å². The third kappa shape index (κ3) is 1.82. The summed E-state index contributed by atoms with van der Waals surface area (Å²) in [6.45, 7) is 0.760. The van der Waals surface area contributed by atoms with Gasteiger partial charge in [0, 0.05) is 5.69 Å². The second-order valence-electron chi connectivity index (χ2n) is 4.92. The van der Waals surface area contributed by atoms with E-state index >= 15 is 0 Å². The molecule has 92 valence electrons. The van der Waals surface area contributed by atoms with Crippen LogP contribution < -0.4 is 10.1 Å². The summed E-state index contributed by atoms with van der Waals surface area (Å²) < 4.78 is 5.52. The number of nitrogens with zero attached hydrogens (tertiary/aromatic N) is 1. The molecule has 1 saturated carbocycles. The highest BCUT2D eigenvalue weighted by atomic mass is 16.5. The van der Waals surface area contributed by atoms with E-state index in [0.29, 0.717) is 12.8 Å². The fourth-order valence-electron chi connectivity index (χ4n) is 2.20. The van der Waals surface area contributed by atoms with Gasteiger partial charge >= 0.3 is 0 Å². The monoisotopic (exact) mass is 242 g/mol. The summed E-state index contributed by atoms with van der Waals surface area (Å²) in [5.74, 6) is 0.724. The Kier molecular flexibility index (Phi) is 2.48. The number of nitrogens with one attached hydrogen (secondary N) is 1. The van der Waals surface area contributed by atoms with Gasteiger partial charge in [0.2, 0.25) is 5.91 Å². The molecule has 0 aromatic heterocycles. The molecular weight excluding hydrogens is 228 g/mol. The summed E-state index contributed by atoms with van der Waals surface area (Å²) in [7, 11) is 0. The second kappa shape index (κ2) is 4.02. The van der Waals surface area contributed by atoms with E-state index in [2.05, 4.69) is 11.4 Å². The van der Waals surface area contributed by atoms with Crippen LogP contribution in [-0.4, -0.2) is 12.5 Å². The van der Waals surface area contributed by atoms with Crippen LogP contribution in [0.2, 0.25) is 0 Å². The Morgan fingerprint density at radius 2 is 2.28 bits per heavy atom. The largest absolute Gasteiger partial charge is 0.493 e. The van der Waals surface area contributed by atoms with Crippen LogP contribution in [0.4, 0.5) is 5.69 Å². The number of carbonyl (C=O) groups is 1. The first-order valence-corrected chi connectivity index (χ1v) is 6.22. The molecule has 0 bridgehead atoms. The highest BCUT2D eigenvalue weighted by Crippen LogP contribution is 2.45. The van der Waals surface area contributed by atoms with Crippen molar-refractivity contribution in [1.29, 1.82) is 5.26 Å². The van der Waals surface area contributed by atoms with Crippen molar-refractivity contribution in [2.75, 3.05) is 11.9 Å². The van der Waals surface area contributed by atoms with E-state index in [1.54, 1.807) is 0 Å². The van der Waals surface area contributed by atoms with Gasteiger partial charge in [-0.2, -0.15) is 5.26 Å². The molecule has 1 amide bonds. The molecule has 1 fully saturated rings. The molecule has 1 aromatic rings. The molecule has 4 heteroatoms. The number of hydrogen-bond acceptors (Lipinski definition) is 3. The lowest BCUT2D eigenvalue weighted by molar-refractivity contribution is -0.119. The summed E-state index contributed by atoms with van der Waals surface area (Å²) in [4.78, 5) is 11.9. The number of fused-ring (bicyclic) bond motifs is 1. The summed E-state index contributed by atoms with van der Waals surface area (Å²) in [6.07, 6.45) is 3.32. The summed E-state index contributed by atoms with van der Waals surface area (Å²) in [5.41, 5.74) is 1.11. The third-order valence-corrected chi connectivity index (χ3v) is 3.57. The Morgan fingerprint density at radius 3 is 3.00 bits per heavy atom. The van der Waals surface area contributed by atoms with Crippen molar-refractivity contribution in [3.8, 4) is 11.8 Å². The lowest BCUT2D eigenvalue weighted by Crippen LogP contribution is -2.22. The predicted molar refractivity (Wildman–Crippen MR) is 66.2 cm³/mol. The Labute approximate surface area is 106 Å². The number of benzene rings is 1. The Bertz CT molecular complexity index is 541. The fraction of sp³-hybridized carbons (Fsp3) is 0.429. The number of rotatable bonds is 2. The zero-order valence-electron chi connectivity index (χ0n) is 10.0. The van der Waals surface area contributed by atoms with Gasteiger partial charge in [0.25, 0.3) is 0 Å². The van der Waals surface area contributed by atoms with Crippen molar-refractivity contribution < 1.29 is 9.53 Å². The van der Waals surface area contributed by atoms with E-state index in [9.17, 15) is 4.79 Å². The first-order chi connectivity index (χ1) is 8.73. The first-order valence-electron chi connectivity index (χ1n) is 6.22. The number of amides is 1. The van der Waals surface area contributed by atoms with Crippen LogP contribution in [0.1, 0.15) is 24.8 Å². The van der Waals surface area contributed by atoms with Crippen LogP contribution in [0.25, 0.3) is 0 Å². The second-order valence-corrected chi connectivity index (χ2v) is 4.92. The van der Waals surface area contributed by atoms with Crippen molar-refractivity contribution in [2.24, 2.45) is 5.41 Å². The van der Waals surface area contributed by atoms with Gasteiger partial charge in [-0.1, -0.05) is 0 Å². The molecule has 0 saturated heterocycles. The maximum atomic E-state index is 11.9. The van der Waals surface area contributed by atoms with E-state index < -0.39 is 5.41 Å². The number of aryl methyl sites for hydroxylation is 1. The van der Waals surface area contributed by atoms with Crippen LogP contribution in [-0.2, 0) is 11.2 Å². The molecule has 4 nitrogen and oxygen atoms in total. The normalized spacial score (nSPS) is 19.1. The molecule has 1 N–H and O–H groups in total. The molecule has 1 heterocycles. The maximum absolute atomic E-state index is 11.9. The van der Waals surface area contributed by atoms with Crippen molar-refractivity contribution in [1.82, 2.24) is 0 Å². The number of anilines is 1. The van der Waals surface area contributed by atoms with E-state index in [-0.39, 0.29) is 5.91 Å². The Hall–Kier alpha value is -2.02. The standard InChI is InChI=1S/C14H14N2O2/c15-9-14(5-6-14)13(17)16-11-3-4-12-10(8-11)2-1-7-18-12/h3-4,8H,1-2,5-7H2,(H,16,17). The molecule has 0 unspecified atom stereocenters. The minimum Gasteiger partial charge on any atom is -0.493 e. The van der Waals surface area contributed by atoms with Gasteiger partial charge in [0.15, 0.2) is 0 Å². The lowest BCUT2D eigenvalue weighted by atomic mass is 10.0. The highest BCUT2D eigenvalue weighted by molar-refractivity contribution is 5.99. The first kappa shape index (κ1) is 11.1. The molecule has 0 spiro atoms. The van der Waals surface area contributed by atoms with Crippen molar-refractivity contribution >= 4 is 11.6 Å². The molecule has 2 aliphatic rings. The molecule has 1 aliphatic heterocycles. The van der Waals surface area contributed by atoms with Gasteiger partial charge < -0.3 is 10.1 Å². The lowest BCUT2D eigenvalue weighted by Gasteiger charge is -2.18. The summed E-state index contributed by atoms with van der Waals surface area (Å²) in [5, 5.41) is 11.8. The Balaban J connectivity index is 1.78. The molecule has 18 heavy (non-hydrogen) atoms. The number of carbonyl (C=O) groups excluding carboxylic acids is 1. The van der Waals surface area contributed by atoms with Crippen LogP contribution in [0, 0.1) is 16.7 Å². The third-order valence-electron chi connectivity index (χ3n) is 3.57. The summed E-state index contributed by atoms with van der Waals surface area (Å²) in [6, 6.07) is 7.76. The van der Waals surface area contributed by atoms with Crippen LogP contribution in [0.15, 0.2) is 18.2 Å². The number of hydrogen-bond donors (Lipinski definition) is 1. The predicted octanol–water partition coefficient (Wildman–Crippen LogP) is 2.25. The van der Waals surface area contributed by atoms with E-state index in [4.69, 9.17) is 10.00 Å². The zero-order chi connectivity index (χ0) is 12.6. The zero-order valence-corrected chi connectivity index (χ0v) is 10.0. The molecular formula is C14H14N2O2. The van der Waals surface area contributed by atoms with Gasteiger partial charge in [-0.15, -0.1) is 0 Å². The molecule has 1 aliphatic carbocycles. The van der Waals surface area contributed by atoms with Crippen LogP contribution >= 0.6 is 0 Å². The fourth-order valence-corrected chi connectivity index (χ4v) is 2.20. The average Bonchev–Trinajstić information content (AvgIpc) is 3.19. The smallest absolute Gasteiger partial charge is 0.244 e. The van der Waals surface area contributed by atoms with Gasteiger partial charge in [-0.25, -0.2) is 0 Å². The number of ether oxygens (including phenoxy) is 1. The minimum absolute atomic E-state index is 0.179. The van der Waals surface area contributed by atoms with E-state index in [0.717, 1.165) is 36.4 Å². The Morgan fingerprint density at radius 1 is 1.44 bits per heavy atom. The van der Waals surface area contributed by atoms with Crippen LogP contribution in [0.5, 0.6) is 5.75 Å². The summed E-state index contributed by atoms with van der Waals surface area (Å²) >= 11 is 0. The number of nitriles is 1. The van der Waals surface area contributed by atoms with Gasteiger partial charge in [0.1, 0.15) is 11.2 Å². The molecule has 3 rings (SSSR count). The minimum atomic E-state index is -0.771. The van der Waals surface area contributed by atoms with E-state index in [1.807, 2.05) is 18.2 Å². The van der Waals surface area contributed by atoms with Crippen molar-refractivity contribution in [2.45, 2.75) is 25.7 Å². The van der Waals surface area contributed by atoms with Gasteiger partial charge in [-0.3, -0.25) is 4.79 Å². The highest BCUT2D eigenvalue weighted by Gasteiger charge is 2.50. The molecule has 0 atom stereocenters. The molecule has 0 radical (unpaired) electrons. The maximum Gasteiger partial charge on any atom is 0.244 e.